The topological polar surface area (TPSA) is 6.48 Å². The minimum Gasteiger partial charge on any atom is -0.334 e. The number of thiophene rings is 1. The third-order valence-corrected chi connectivity index (χ3v) is 23.3. The minimum atomic E-state index is -0.108. The van der Waals surface area contributed by atoms with Gasteiger partial charge in [-0.05, 0) is 229 Å². The summed E-state index contributed by atoms with van der Waals surface area (Å²) in [5.74, 6) is -0.108. The van der Waals surface area contributed by atoms with Crippen molar-refractivity contribution >= 4 is 62.2 Å². The molecule has 14 rings (SSSR count). The molecule has 5 aromatic carbocycles. The molecule has 1 aromatic heterocycles. The van der Waals surface area contributed by atoms with Gasteiger partial charge in [-0.2, -0.15) is 0 Å². The van der Waals surface area contributed by atoms with Crippen molar-refractivity contribution in [3.05, 3.63) is 139 Å². The number of nitrogens with zero attached hydrogens (tertiary/aromatic N) is 2. The van der Waals surface area contributed by atoms with E-state index in [4.69, 9.17) is 0 Å². The van der Waals surface area contributed by atoms with Crippen molar-refractivity contribution in [2.24, 2.45) is 0 Å². The van der Waals surface area contributed by atoms with Gasteiger partial charge in [-0.25, -0.2) is 4.39 Å². The molecular weight excluding hydrogens is 907 g/mol. The Hall–Kier alpha value is -4.61. The molecule has 0 saturated heterocycles. The van der Waals surface area contributed by atoms with Crippen LogP contribution in [0.25, 0.3) is 11.1 Å². The summed E-state index contributed by atoms with van der Waals surface area (Å²) in [6.45, 7) is 37.6. The predicted octanol–water partition coefficient (Wildman–Crippen LogP) is 16.7. The molecule has 3 unspecified atom stereocenters. The first-order valence-corrected chi connectivity index (χ1v) is 29.2. The fraction of sp³-hybridized carbons (Fsp3) is 0.500. The largest absolute Gasteiger partial charge is 0.334 e. The molecule has 6 aromatic rings. The molecule has 2 bridgehead atoms. The standard InChI is InChI=1S/C68H78BFN2S/c1-38-29-42-51-31-39-17-16-18-50(70)55(39)41-33-45-46(64(8,9)24-23-63(45,6)7)35-52(41)72(51)53-36-47-48-34-49(53)69-57(42)54(30-38)71(40-19-20-43-44(32-40)62(4,5)22-21-61(43,2)3)60-58(69)56-59(73-60)66(12,13)26-28-68(56,15)37-67(48,14)27-25-65(47,10)11/h16-20,29-30,32-36,51H,21-28,31,37H2,1-15H3. The summed E-state index contributed by atoms with van der Waals surface area (Å²) in [6.07, 6.45) is 11.2. The Morgan fingerprint density at radius 2 is 1.14 bits per heavy atom. The summed E-state index contributed by atoms with van der Waals surface area (Å²) in [4.78, 5) is 7.23. The SMILES string of the molecule is Cc1cc2c3c(c1)N(c1ccc4c(c1)C(C)(C)CCC4(C)C)c1sc4c5c1B3c1cc3c(cc1N1c6cc7c(cc6-c6c(F)cccc6CC21)C(C)(C)CCC7(C)C)C(C)(C)CCC3(C)CC5(C)CCC4(C)C. The molecule has 0 amide bonds. The van der Waals surface area contributed by atoms with Gasteiger partial charge in [0.2, 0.25) is 0 Å². The fourth-order valence-electron chi connectivity index (χ4n) is 17.1. The molecule has 5 heteroatoms. The average molecular weight is 985 g/mol. The highest BCUT2D eigenvalue weighted by atomic mass is 32.1. The van der Waals surface area contributed by atoms with Crippen molar-refractivity contribution in [3.8, 4) is 11.1 Å². The molecule has 0 N–H and O–H groups in total. The molecule has 4 aliphatic carbocycles. The third-order valence-electron chi connectivity index (χ3n) is 21.8. The molecule has 0 fully saturated rings. The Morgan fingerprint density at radius 1 is 0.548 bits per heavy atom. The van der Waals surface area contributed by atoms with Crippen LogP contribution in [0.4, 0.5) is 32.1 Å². The lowest BCUT2D eigenvalue weighted by Gasteiger charge is -2.50. The Labute approximate surface area is 441 Å². The fourth-order valence-corrected chi connectivity index (χ4v) is 18.8. The second-order valence-corrected chi connectivity index (χ2v) is 30.6. The Morgan fingerprint density at radius 3 is 1.84 bits per heavy atom. The number of halogens is 1. The first-order valence-electron chi connectivity index (χ1n) is 28.4. The highest BCUT2D eigenvalue weighted by Crippen LogP contribution is 2.62. The molecule has 73 heavy (non-hydrogen) atoms. The van der Waals surface area contributed by atoms with E-state index in [0.717, 1.165) is 42.4 Å². The van der Waals surface area contributed by atoms with E-state index in [1.165, 1.54) is 110 Å². The van der Waals surface area contributed by atoms with Gasteiger partial charge in [0.15, 0.2) is 0 Å². The van der Waals surface area contributed by atoms with Crippen LogP contribution < -0.4 is 26.2 Å². The van der Waals surface area contributed by atoms with Crippen LogP contribution in [0.15, 0.2) is 72.8 Å². The molecular formula is C68H78BFN2S. The number of fused-ring (bicyclic) bond motifs is 9. The first kappa shape index (κ1) is 46.9. The van der Waals surface area contributed by atoms with Gasteiger partial charge >= 0.3 is 0 Å². The molecule has 8 aliphatic rings. The number of hydrogen-bond acceptors (Lipinski definition) is 3. The number of anilines is 5. The quantitative estimate of drug-likeness (QED) is 0.151. The maximum absolute atomic E-state index is 17.4. The maximum atomic E-state index is 17.4. The van der Waals surface area contributed by atoms with E-state index in [9.17, 15) is 0 Å². The van der Waals surface area contributed by atoms with Crippen LogP contribution in [0.1, 0.15) is 221 Å². The summed E-state index contributed by atoms with van der Waals surface area (Å²) >= 11 is 2.14. The van der Waals surface area contributed by atoms with Gasteiger partial charge < -0.3 is 9.80 Å². The Balaban J connectivity index is 1.17. The second-order valence-electron chi connectivity index (χ2n) is 29.6. The highest BCUT2D eigenvalue weighted by Gasteiger charge is 2.57. The zero-order valence-electron chi connectivity index (χ0n) is 46.8. The summed E-state index contributed by atoms with van der Waals surface area (Å²) in [7, 11) is 0. The zero-order chi connectivity index (χ0) is 51.3. The Kier molecular flexibility index (Phi) is 9.15. The van der Waals surface area contributed by atoms with Crippen molar-refractivity contribution < 1.29 is 4.39 Å². The van der Waals surface area contributed by atoms with Crippen molar-refractivity contribution in [2.45, 2.75) is 217 Å². The van der Waals surface area contributed by atoms with Crippen LogP contribution in [0.3, 0.4) is 0 Å². The maximum Gasteiger partial charge on any atom is 0.251 e. The monoisotopic (exact) mass is 985 g/mol. The lowest BCUT2D eigenvalue weighted by atomic mass is 9.33. The summed E-state index contributed by atoms with van der Waals surface area (Å²) in [5.41, 5.74) is 26.0. The highest BCUT2D eigenvalue weighted by molar-refractivity contribution is 7.20. The van der Waals surface area contributed by atoms with Crippen LogP contribution in [0.2, 0.25) is 0 Å². The smallest absolute Gasteiger partial charge is 0.251 e. The minimum absolute atomic E-state index is 0.00163. The van der Waals surface area contributed by atoms with Gasteiger partial charge in [0.05, 0.1) is 16.7 Å². The van der Waals surface area contributed by atoms with E-state index in [1.807, 2.05) is 6.07 Å². The van der Waals surface area contributed by atoms with Gasteiger partial charge in [0.25, 0.3) is 6.71 Å². The van der Waals surface area contributed by atoms with Gasteiger partial charge in [-0.15, -0.1) is 11.3 Å². The summed E-state index contributed by atoms with van der Waals surface area (Å²) in [6, 6.07) is 29.3. The van der Waals surface area contributed by atoms with Gasteiger partial charge in [-0.3, -0.25) is 0 Å². The first-order chi connectivity index (χ1) is 34.1. The number of rotatable bonds is 1. The lowest BCUT2D eigenvalue weighted by Crippen LogP contribution is -2.59. The van der Waals surface area contributed by atoms with Crippen LogP contribution in [-0.4, -0.2) is 6.71 Å². The number of benzene rings is 5. The summed E-state index contributed by atoms with van der Waals surface area (Å²) < 4.78 is 17.4. The Bertz CT molecular complexity index is 3470. The average Bonchev–Trinajstić information content (AvgIpc) is 3.66. The molecule has 3 atom stereocenters. The van der Waals surface area contributed by atoms with Crippen LogP contribution in [0.5, 0.6) is 0 Å². The predicted molar refractivity (Wildman–Crippen MR) is 310 cm³/mol. The third kappa shape index (κ3) is 6.15. The van der Waals surface area contributed by atoms with E-state index in [0.29, 0.717) is 6.42 Å². The number of aryl methyl sites for hydroxylation is 1. The second kappa shape index (κ2) is 14.2. The molecule has 2 nitrogen and oxygen atoms in total. The van der Waals surface area contributed by atoms with Crippen molar-refractivity contribution in [1.82, 2.24) is 0 Å². The van der Waals surface area contributed by atoms with Crippen molar-refractivity contribution in [2.75, 3.05) is 9.80 Å². The summed E-state index contributed by atoms with van der Waals surface area (Å²) in [5, 5.41) is 1.44. The van der Waals surface area contributed by atoms with Gasteiger partial charge in [-0.1, -0.05) is 127 Å². The van der Waals surface area contributed by atoms with Crippen LogP contribution >= 0.6 is 11.3 Å². The van der Waals surface area contributed by atoms with E-state index in [-0.39, 0.29) is 61.9 Å². The van der Waals surface area contributed by atoms with Gasteiger partial charge in [0, 0.05) is 33.1 Å². The normalized spacial score (nSPS) is 26.9. The molecule has 5 heterocycles. The van der Waals surface area contributed by atoms with E-state index < -0.39 is 0 Å². The van der Waals surface area contributed by atoms with E-state index in [2.05, 4.69) is 186 Å². The van der Waals surface area contributed by atoms with Crippen molar-refractivity contribution in [3.63, 3.8) is 0 Å². The van der Waals surface area contributed by atoms with Gasteiger partial charge in [0.1, 0.15) is 5.82 Å². The van der Waals surface area contributed by atoms with E-state index in [1.54, 1.807) is 27.5 Å². The number of hydrogen-bond donors (Lipinski definition) is 0. The van der Waals surface area contributed by atoms with Crippen molar-refractivity contribution in [1.29, 1.82) is 0 Å². The molecule has 0 radical (unpaired) electrons. The van der Waals surface area contributed by atoms with Crippen LogP contribution in [0, 0.1) is 12.7 Å². The van der Waals surface area contributed by atoms with Crippen LogP contribution in [-0.2, 0) is 49.7 Å². The van der Waals surface area contributed by atoms with E-state index >= 15 is 4.39 Å². The molecule has 4 aliphatic heterocycles. The molecule has 0 spiro atoms. The lowest BCUT2D eigenvalue weighted by molar-refractivity contribution is 0.211. The molecule has 0 saturated carbocycles. The molecule has 376 valence electrons. The zero-order valence-corrected chi connectivity index (χ0v) is 47.7.